The van der Waals surface area contributed by atoms with Crippen molar-refractivity contribution in [3.05, 3.63) is 100 Å². The number of rotatable bonds is 5. The van der Waals surface area contributed by atoms with Crippen LogP contribution in [0.5, 0.6) is 11.5 Å². The van der Waals surface area contributed by atoms with E-state index in [1.165, 1.54) is 12.1 Å². The summed E-state index contributed by atoms with van der Waals surface area (Å²) in [6.07, 6.45) is 3.10. The van der Waals surface area contributed by atoms with Crippen LogP contribution in [-0.2, 0) is 0 Å². The predicted octanol–water partition coefficient (Wildman–Crippen LogP) is 7.71. The lowest BCUT2D eigenvalue weighted by Gasteiger charge is -2.00. The first-order valence-electron chi connectivity index (χ1n) is 10.5. The fraction of sp³-hybridized carbons (Fsp3) is 0. The van der Waals surface area contributed by atoms with Gasteiger partial charge in [-0.1, -0.05) is 23.2 Å². The van der Waals surface area contributed by atoms with E-state index in [1.807, 2.05) is 24.3 Å². The van der Waals surface area contributed by atoms with Crippen molar-refractivity contribution < 1.29 is 14.6 Å². The Morgan fingerprint density at radius 1 is 0.686 bits per heavy atom. The monoisotopic (exact) mass is 501 g/mol. The minimum atomic E-state index is 0.0973. The molecule has 0 aliphatic carbocycles. The summed E-state index contributed by atoms with van der Waals surface area (Å²) in [5, 5.41) is 20.9. The fourth-order valence-corrected chi connectivity index (χ4v) is 3.72. The van der Waals surface area contributed by atoms with Crippen molar-refractivity contribution in [2.24, 2.45) is 9.98 Å². The van der Waals surface area contributed by atoms with Crippen LogP contribution in [0.25, 0.3) is 22.6 Å². The molecule has 8 heteroatoms. The second kappa shape index (κ2) is 9.62. The van der Waals surface area contributed by atoms with E-state index in [2.05, 4.69) is 15.0 Å². The third-order valence-electron chi connectivity index (χ3n) is 5.17. The Morgan fingerprint density at radius 2 is 1.26 bits per heavy atom. The molecule has 5 rings (SSSR count). The molecule has 5 aromatic rings. The standard InChI is InChI=1S/C27H17Cl2N3O3/c28-19-3-8-24(33)17(11-19)14-30-21-5-1-16(2-6-21)27-32-23-13-22(7-10-26(23)35-27)31-15-18-12-20(29)4-9-25(18)34/h1-15,33-34H. The molecular weight excluding hydrogens is 485 g/mol. The number of halogens is 2. The van der Waals surface area contributed by atoms with E-state index in [9.17, 15) is 10.2 Å². The van der Waals surface area contributed by atoms with Gasteiger partial charge in [-0.25, -0.2) is 4.98 Å². The third kappa shape index (κ3) is 5.19. The van der Waals surface area contributed by atoms with Gasteiger partial charge in [-0.15, -0.1) is 0 Å². The molecule has 0 amide bonds. The molecule has 4 aromatic carbocycles. The molecule has 0 unspecified atom stereocenters. The number of fused-ring (bicyclic) bond motifs is 1. The van der Waals surface area contributed by atoms with Crippen molar-refractivity contribution >= 4 is 58.1 Å². The quantitative estimate of drug-likeness (QED) is 0.241. The molecular formula is C27H17Cl2N3O3. The van der Waals surface area contributed by atoms with Crippen LogP contribution in [0.4, 0.5) is 11.4 Å². The number of nitrogens with zero attached hydrogens (tertiary/aromatic N) is 3. The third-order valence-corrected chi connectivity index (χ3v) is 5.64. The molecule has 0 aliphatic rings. The number of hydrogen-bond acceptors (Lipinski definition) is 6. The largest absolute Gasteiger partial charge is 0.507 e. The number of aromatic nitrogens is 1. The Hall–Kier alpha value is -4.13. The van der Waals surface area contributed by atoms with E-state index in [4.69, 9.17) is 27.6 Å². The highest BCUT2D eigenvalue weighted by Gasteiger charge is 2.09. The Kier molecular flexibility index (Phi) is 6.23. The van der Waals surface area contributed by atoms with Crippen molar-refractivity contribution in [2.45, 2.75) is 0 Å². The van der Waals surface area contributed by atoms with Gasteiger partial charge >= 0.3 is 0 Å². The maximum absolute atomic E-state index is 9.95. The van der Waals surface area contributed by atoms with Crippen molar-refractivity contribution in [3.8, 4) is 23.0 Å². The van der Waals surface area contributed by atoms with Crippen LogP contribution < -0.4 is 0 Å². The lowest BCUT2D eigenvalue weighted by atomic mass is 10.2. The van der Waals surface area contributed by atoms with Gasteiger partial charge in [-0.3, -0.25) is 9.98 Å². The summed E-state index contributed by atoms with van der Waals surface area (Å²) < 4.78 is 5.90. The Labute approximate surface area is 210 Å². The van der Waals surface area contributed by atoms with Crippen LogP contribution in [-0.4, -0.2) is 27.6 Å². The molecule has 2 N–H and O–H groups in total. The zero-order valence-electron chi connectivity index (χ0n) is 18.1. The van der Waals surface area contributed by atoms with Crippen LogP contribution in [0, 0.1) is 0 Å². The normalized spacial score (nSPS) is 11.7. The van der Waals surface area contributed by atoms with E-state index in [-0.39, 0.29) is 11.5 Å². The Bertz CT molecular complexity index is 1590. The number of aliphatic imine (C=N–C) groups is 2. The first-order chi connectivity index (χ1) is 16.9. The van der Waals surface area contributed by atoms with Gasteiger partial charge in [-0.2, -0.15) is 0 Å². The Morgan fingerprint density at radius 3 is 1.89 bits per heavy atom. The number of hydrogen-bond donors (Lipinski definition) is 2. The molecule has 0 atom stereocenters. The highest BCUT2D eigenvalue weighted by molar-refractivity contribution is 6.31. The maximum atomic E-state index is 9.95. The van der Waals surface area contributed by atoms with Crippen molar-refractivity contribution in [1.82, 2.24) is 4.98 Å². The number of phenolic OH excluding ortho intramolecular Hbond substituents is 2. The van der Waals surface area contributed by atoms with Gasteiger partial charge in [0, 0.05) is 39.2 Å². The van der Waals surface area contributed by atoms with E-state index < -0.39 is 0 Å². The van der Waals surface area contributed by atoms with E-state index in [0.29, 0.717) is 49.5 Å². The zero-order valence-corrected chi connectivity index (χ0v) is 19.6. The fourth-order valence-electron chi connectivity index (χ4n) is 3.36. The molecule has 0 saturated carbocycles. The molecule has 0 fully saturated rings. The second-order valence-corrected chi connectivity index (χ2v) is 8.51. The summed E-state index contributed by atoms with van der Waals surface area (Å²) in [5.74, 6) is 0.672. The van der Waals surface area contributed by atoms with Gasteiger partial charge in [-0.05, 0) is 78.9 Å². The molecule has 1 heterocycles. The summed E-state index contributed by atoms with van der Waals surface area (Å²) in [7, 11) is 0. The first-order valence-corrected chi connectivity index (χ1v) is 11.3. The number of aromatic hydroxyl groups is 2. The molecule has 6 nitrogen and oxygen atoms in total. The molecule has 172 valence electrons. The minimum absolute atomic E-state index is 0.0973. The van der Waals surface area contributed by atoms with Gasteiger partial charge in [0.15, 0.2) is 5.58 Å². The van der Waals surface area contributed by atoms with Crippen molar-refractivity contribution in [1.29, 1.82) is 0 Å². The number of oxazole rings is 1. The summed E-state index contributed by atoms with van der Waals surface area (Å²) in [5.41, 5.74) is 4.48. The highest BCUT2D eigenvalue weighted by Crippen LogP contribution is 2.29. The van der Waals surface area contributed by atoms with Crippen molar-refractivity contribution in [3.63, 3.8) is 0 Å². The Balaban J connectivity index is 1.35. The number of benzene rings is 4. The van der Waals surface area contributed by atoms with E-state index in [1.54, 1.807) is 54.9 Å². The summed E-state index contributed by atoms with van der Waals surface area (Å²) in [6.45, 7) is 0. The van der Waals surface area contributed by atoms with Gasteiger partial charge in [0.1, 0.15) is 17.0 Å². The van der Waals surface area contributed by atoms with Crippen molar-refractivity contribution in [2.75, 3.05) is 0 Å². The molecule has 0 bridgehead atoms. The second-order valence-electron chi connectivity index (χ2n) is 7.64. The van der Waals surface area contributed by atoms with Gasteiger partial charge in [0.2, 0.25) is 5.89 Å². The molecule has 0 spiro atoms. The zero-order chi connectivity index (χ0) is 24.4. The molecule has 35 heavy (non-hydrogen) atoms. The molecule has 0 saturated heterocycles. The lowest BCUT2D eigenvalue weighted by Crippen LogP contribution is -1.82. The summed E-state index contributed by atoms with van der Waals surface area (Å²) in [6, 6.07) is 22.3. The first kappa shape index (κ1) is 22.7. The van der Waals surface area contributed by atoms with Gasteiger partial charge < -0.3 is 14.6 Å². The van der Waals surface area contributed by atoms with E-state index >= 15 is 0 Å². The average molecular weight is 502 g/mol. The van der Waals surface area contributed by atoms with Crippen LogP contribution in [0.2, 0.25) is 10.0 Å². The maximum Gasteiger partial charge on any atom is 0.227 e. The molecule has 0 aliphatic heterocycles. The number of phenols is 2. The lowest BCUT2D eigenvalue weighted by molar-refractivity contribution is 0.474. The van der Waals surface area contributed by atoms with Gasteiger partial charge in [0.05, 0.1) is 11.4 Å². The van der Waals surface area contributed by atoms with Crippen LogP contribution in [0.15, 0.2) is 93.3 Å². The SMILES string of the molecule is Oc1ccc(Cl)cc1C=Nc1ccc(-c2nc3cc(N=Cc4cc(Cl)ccc4O)ccc3o2)cc1. The smallest absolute Gasteiger partial charge is 0.227 e. The predicted molar refractivity (Wildman–Crippen MR) is 140 cm³/mol. The topological polar surface area (TPSA) is 91.2 Å². The highest BCUT2D eigenvalue weighted by atomic mass is 35.5. The van der Waals surface area contributed by atoms with Crippen LogP contribution >= 0.6 is 23.2 Å². The minimum Gasteiger partial charge on any atom is -0.507 e. The summed E-state index contributed by atoms with van der Waals surface area (Å²) >= 11 is 12.0. The van der Waals surface area contributed by atoms with Crippen LogP contribution in [0.1, 0.15) is 11.1 Å². The average Bonchev–Trinajstić information content (AvgIpc) is 3.29. The summed E-state index contributed by atoms with van der Waals surface area (Å²) in [4.78, 5) is 13.4. The molecule has 0 radical (unpaired) electrons. The van der Waals surface area contributed by atoms with Crippen LogP contribution in [0.3, 0.4) is 0 Å². The van der Waals surface area contributed by atoms with Gasteiger partial charge in [0.25, 0.3) is 0 Å². The van der Waals surface area contributed by atoms with E-state index in [0.717, 1.165) is 5.56 Å². The molecule has 1 aromatic heterocycles.